The minimum atomic E-state index is 0.597. The minimum Gasteiger partial charge on any atom is -0.436 e. The van der Waals surface area contributed by atoms with E-state index in [9.17, 15) is 0 Å². The van der Waals surface area contributed by atoms with Crippen LogP contribution in [0.4, 0.5) is 0 Å². The van der Waals surface area contributed by atoms with E-state index in [4.69, 9.17) is 4.65 Å². The zero-order valence-corrected chi connectivity index (χ0v) is 9.06. The molecule has 0 N–H and O–H groups in total. The lowest BCUT2D eigenvalue weighted by atomic mass is 9.59. The number of unbranched alkanes of at least 4 members (excludes halogenated alkanes) is 3. The monoisotopic (exact) mass is 182 g/mol. The third kappa shape index (κ3) is 5.35. The molecule has 0 aromatic carbocycles. The van der Waals surface area contributed by atoms with E-state index in [2.05, 4.69) is 6.92 Å². The molecule has 0 amide bonds. The van der Waals surface area contributed by atoms with Crippen LogP contribution < -0.4 is 0 Å². The number of rotatable bonds is 5. The summed E-state index contributed by atoms with van der Waals surface area (Å²) in [4.78, 5) is 0. The van der Waals surface area contributed by atoms with E-state index in [1.165, 1.54) is 57.6 Å². The van der Waals surface area contributed by atoms with Crippen LogP contribution in [0.3, 0.4) is 0 Å². The minimum absolute atomic E-state index is 0.597. The second-order valence-electron chi connectivity index (χ2n) is 4.19. The summed E-state index contributed by atoms with van der Waals surface area (Å²) in [7, 11) is 0. The summed E-state index contributed by atoms with van der Waals surface area (Å²) >= 11 is 0. The molecule has 2 heteroatoms. The zero-order valence-electron chi connectivity index (χ0n) is 9.06. The molecule has 1 nitrogen and oxygen atoms in total. The van der Waals surface area contributed by atoms with Gasteiger partial charge in [0, 0.05) is 6.61 Å². The van der Waals surface area contributed by atoms with Crippen molar-refractivity contribution in [2.24, 2.45) is 0 Å². The summed E-state index contributed by atoms with van der Waals surface area (Å²) in [6.45, 7) is 3.87. The Kier molecular flexibility index (Phi) is 6.35. The van der Waals surface area contributed by atoms with Gasteiger partial charge in [-0.1, -0.05) is 45.4 Å². The number of hydrogen-bond donors (Lipinski definition) is 0. The lowest BCUT2D eigenvalue weighted by Crippen LogP contribution is -2.16. The van der Waals surface area contributed by atoms with Crippen molar-refractivity contribution in [3.8, 4) is 0 Å². The van der Waals surface area contributed by atoms with Gasteiger partial charge in [0.2, 0.25) is 0 Å². The number of hydrogen-bond acceptors (Lipinski definition) is 1. The first-order valence-electron chi connectivity index (χ1n) is 6.05. The van der Waals surface area contributed by atoms with Crippen molar-refractivity contribution in [2.75, 3.05) is 6.61 Å². The van der Waals surface area contributed by atoms with Gasteiger partial charge in [-0.25, -0.2) is 0 Å². The molecule has 0 aliphatic carbocycles. The molecule has 76 valence electrons. The molecule has 1 saturated heterocycles. The lowest BCUT2D eigenvalue weighted by Gasteiger charge is -2.09. The maximum Gasteiger partial charge on any atom is 0.293 e. The van der Waals surface area contributed by atoms with E-state index in [1.807, 2.05) is 0 Å². The van der Waals surface area contributed by atoms with E-state index < -0.39 is 0 Å². The second-order valence-corrected chi connectivity index (χ2v) is 4.19. The summed E-state index contributed by atoms with van der Waals surface area (Å²) in [5.41, 5.74) is 0. The van der Waals surface area contributed by atoms with Gasteiger partial charge in [0.1, 0.15) is 0 Å². The van der Waals surface area contributed by atoms with Gasteiger partial charge in [0.15, 0.2) is 0 Å². The molecule has 0 saturated carbocycles. The van der Waals surface area contributed by atoms with Crippen LogP contribution in [0, 0.1) is 0 Å². The average molecular weight is 182 g/mol. The van der Waals surface area contributed by atoms with Crippen molar-refractivity contribution in [1.82, 2.24) is 0 Å². The van der Waals surface area contributed by atoms with E-state index in [0.29, 0.717) is 6.92 Å². The molecule has 0 aromatic heterocycles. The average Bonchev–Trinajstić information content (AvgIpc) is 2.41. The van der Waals surface area contributed by atoms with Crippen LogP contribution in [0.2, 0.25) is 12.6 Å². The highest BCUT2D eigenvalue weighted by Crippen LogP contribution is 2.17. The van der Waals surface area contributed by atoms with Crippen molar-refractivity contribution in [3.63, 3.8) is 0 Å². The largest absolute Gasteiger partial charge is 0.436 e. The predicted octanol–water partition coefficient (Wildman–Crippen LogP) is 3.76. The van der Waals surface area contributed by atoms with Crippen molar-refractivity contribution in [1.29, 1.82) is 0 Å². The van der Waals surface area contributed by atoms with Gasteiger partial charge < -0.3 is 4.65 Å². The van der Waals surface area contributed by atoms with Gasteiger partial charge in [-0.05, 0) is 19.1 Å². The normalized spacial score (nSPS) is 18.7. The van der Waals surface area contributed by atoms with Gasteiger partial charge in [0.25, 0.3) is 6.92 Å². The highest BCUT2D eigenvalue weighted by atomic mass is 16.4. The Labute approximate surface area is 83.4 Å². The molecule has 0 bridgehead atoms. The molecule has 1 aliphatic heterocycles. The standard InChI is InChI=1S/C11H23BO/c1-2-3-4-6-9-12-10-7-5-8-11-13-12/h2-11H2,1H3. The fourth-order valence-electron chi connectivity index (χ4n) is 2.01. The van der Waals surface area contributed by atoms with Gasteiger partial charge in [0.05, 0.1) is 0 Å². The van der Waals surface area contributed by atoms with Gasteiger partial charge in [-0.3, -0.25) is 0 Å². The van der Waals surface area contributed by atoms with Crippen LogP contribution in [0.15, 0.2) is 0 Å². The van der Waals surface area contributed by atoms with Gasteiger partial charge in [-0.15, -0.1) is 0 Å². The molecule has 0 aromatic rings. The van der Waals surface area contributed by atoms with Gasteiger partial charge in [-0.2, -0.15) is 0 Å². The summed E-state index contributed by atoms with van der Waals surface area (Å²) < 4.78 is 5.78. The van der Waals surface area contributed by atoms with Crippen LogP contribution in [-0.4, -0.2) is 13.5 Å². The SMILES string of the molecule is CCCCCCB1CCCCCO1. The molecule has 0 atom stereocenters. The lowest BCUT2D eigenvalue weighted by molar-refractivity contribution is 0.319. The van der Waals surface area contributed by atoms with Crippen molar-refractivity contribution in [3.05, 3.63) is 0 Å². The molecule has 13 heavy (non-hydrogen) atoms. The molecular weight excluding hydrogens is 159 g/mol. The molecule has 1 heterocycles. The topological polar surface area (TPSA) is 9.23 Å². The Morgan fingerprint density at radius 1 is 1.08 bits per heavy atom. The molecule has 1 fully saturated rings. The fourth-order valence-corrected chi connectivity index (χ4v) is 2.01. The molecular formula is C11H23BO. The van der Waals surface area contributed by atoms with Crippen molar-refractivity contribution >= 4 is 6.92 Å². The Hall–Kier alpha value is 0.0249. The van der Waals surface area contributed by atoms with Crippen molar-refractivity contribution < 1.29 is 4.65 Å². The first-order valence-corrected chi connectivity index (χ1v) is 6.05. The highest BCUT2D eigenvalue weighted by Gasteiger charge is 2.16. The maximum absolute atomic E-state index is 5.78. The smallest absolute Gasteiger partial charge is 0.293 e. The first kappa shape index (κ1) is 11.1. The third-order valence-corrected chi connectivity index (χ3v) is 2.90. The van der Waals surface area contributed by atoms with E-state index in [-0.39, 0.29) is 0 Å². The van der Waals surface area contributed by atoms with Crippen molar-refractivity contribution in [2.45, 2.75) is 64.5 Å². The fraction of sp³-hybridized carbons (Fsp3) is 1.00. The van der Waals surface area contributed by atoms with Crippen LogP contribution in [0.1, 0.15) is 51.9 Å². The second kappa shape index (κ2) is 7.43. The molecule has 1 rings (SSSR count). The predicted molar refractivity (Wildman–Crippen MR) is 59.3 cm³/mol. The quantitative estimate of drug-likeness (QED) is 0.464. The van der Waals surface area contributed by atoms with Crippen LogP contribution >= 0.6 is 0 Å². The maximum atomic E-state index is 5.78. The summed E-state index contributed by atoms with van der Waals surface area (Å²) in [5, 5.41) is 0. The first-order chi connectivity index (χ1) is 6.43. The summed E-state index contributed by atoms with van der Waals surface area (Å²) in [6, 6.07) is 0. The third-order valence-electron chi connectivity index (χ3n) is 2.90. The Balaban J connectivity index is 1.98. The Bertz CT molecular complexity index is 109. The Morgan fingerprint density at radius 2 is 2.00 bits per heavy atom. The van der Waals surface area contributed by atoms with Gasteiger partial charge >= 0.3 is 0 Å². The summed E-state index contributed by atoms with van der Waals surface area (Å²) in [6.07, 6.45) is 12.2. The zero-order chi connectivity index (χ0) is 9.36. The van der Waals surface area contributed by atoms with Crippen LogP contribution in [0.5, 0.6) is 0 Å². The van der Waals surface area contributed by atoms with Crippen LogP contribution in [-0.2, 0) is 4.65 Å². The van der Waals surface area contributed by atoms with E-state index in [1.54, 1.807) is 0 Å². The highest BCUT2D eigenvalue weighted by molar-refractivity contribution is 6.51. The molecule has 0 unspecified atom stereocenters. The molecule has 1 aliphatic rings. The van der Waals surface area contributed by atoms with E-state index in [0.717, 1.165) is 6.61 Å². The Morgan fingerprint density at radius 3 is 2.85 bits per heavy atom. The molecule has 0 spiro atoms. The van der Waals surface area contributed by atoms with Crippen LogP contribution in [0.25, 0.3) is 0 Å². The molecule has 0 radical (unpaired) electrons. The van der Waals surface area contributed by atoms with E-state index >= 15 is 0 Å². The summed E-state index contributed by atoms with van der Waals surface area (Å²) in [5.74, 6) is 0.